The Hall–Kier alpha value is -2.93. The number of carbonyl (C=O) groups excluding carboxylic acids is 1. The number of carboxylic acid groups (broad SMARTS) is 1. The van der Waals surface area contributed by atoms with E-state index in [-0.39, 0.29) is 11.9 Å². The van der Waals surface area contributed by atoms with Crippen LogP contribution >= 0.6 is 0 Å². The van der Waals surface area contributed by atoms with Gasteiger partial charge in [-0.15, -0.1) is 0 Å². The highest BCUT2D eigenvalue weighted by atomic mass is 16.4. The Morgan fingerprint density at radius 2 is 1.77 bits per heavy atom. The van der Waals surface area contributed by atoms with Gasteiger partial charge in [0.1, 0.15) is 0 Å². The number of carbonyl (C=O) groups is 2. The number of pyridine rings is 1. The summed E-state index contributed by atoms with van der Waals surface area (Å²) in [5.74, 6) is 1.05. The average molecular weight is 423 g/mol. The minimum atomic E-state index is -0.998. The number of hydrogen-bond acceptors (Lipinski definition) is 4. The number of rotatable bonds is 6. The zero-order valence-corrected chi connectivity index (χ0v) is 18.1. The maximum atomic E-state index is 13.1. The molecule has 2 unspecified atom stereocenters. The summed E-state index contributed by atoms with van der Waals surface area (Å²) in [5.41, 5.74) is 3.50. The van der Waals surface area contributed by atoms with Gasteiger partial charge < -0.3 is 20.2 Å². The molecule has 2 fully saturated rings. The van der Waals surface area contributed by atoms with Crippen molar-refractivity contribution < 1.29 is 14.7 Å². The molecule has 4 rings (SSSR count). The Morgan fingerprint density at radius 3 is 2.39 bits per heavy atom. The molecule has 2 aromatic rings. The molecule has 2 aliphatic rings. The molecule has 0 spiro atoms. The van der Waals surface area contributed by atoms with Gasteiger partial charge in [-0.05, 0) is 49.3 Å². The van der Waals surface area contributed by atoms with Crippen LogP contribution in [-0.4, -0.2) is 64.6 Å². The Labute approximate surface area is 183 Å². The molecular formula is C24H30N4O3. The normalized spacial score (nSPS) is 21.7. The number of aryl methyl sites for hydroxylation is 2. The first-order valence-corrected chi connectivity index (χ1v) is 10.9. The zero-order valence-electron chi connectivity index (χ0n) is 18.1. The third kappa shape index (κ3) is 4.71. The van der Waals surface area contributed by atoms with E-state index in [2.05, 4.69) is 15.2 Å². The summed E-state index contributed by atoms with van der Waals surface area (Å²) in [5, 5.41) is 11.9. The SMILES string of the molecule is Cc1ccnc(C)c1C(=O)N1CC2CN(CCC(NC(=O)O)c3ccccc3)C[C@H]2C1. The van der Waals surface area contributed by atoms with Crippen molar-refractivity contribution >= 4 is 12.0 Å². The summed E-state index contributed by atoms with van der Waals surface area (Å²) in [7, 11) is 0. The Morgan fingerprint density at radius 1 is 1.10 bits per heavy atom. The molecule has 1 aromatic heterocycles. The van der Waals surface area contributed by atoms with E-state index in [9.17, 15) is 14.7 Å². The molecule has 3 heterocycles. The second-order valence-corrected chi connectivity index (χ2v) is 8.78. The van der Waals surface area contributed by atoms with Crippen LogP contribution in [0.1, 0.15) is 39.6 Å². The maximum absolute atomic E-state index is 13.1. The van der Waals surface area contributed by atoms with Crippen molar-refractivity contribution in [1.82, 2.24) is 20.1 Å². The first-order chi connectivity index (χ1) is 14.9. The molecule has 2 amide bonds. The molecule has 2 saturated heterocycles. The lowest BCUT2D eigenvalue weighted by molar-refractivity contribution is 0.0772. The van der Waals surface area contributed by atoms with Crippen molar-refractivity contribution in [2.45, 2.75) is 26.3 Å². The highest BCUT2D eigenvalue weighted by molar-refractivity contribution is 5.96. The molecule has 2 aliphatic heterocycles. The molecule has 0 radical (unpaired) electrons. The smallest absolute Gasteiger partial charge is 0.405 e. The number of nitrogens with one attached hydrogen (secondary N) is 1. The second-order valence-electron chi connectivity index (χ2n) is 8.78. The number of benzene rings is 1. The van der Waals surface area contributed by atoms with Crippen LogP contribution in [0.15, 0.2) is 42.6 Å². The van der Waals surface area contributed by atoms with Gasteiger partial charge in [-0.25, -0.2) is 4.79 Å². The number of fused-ring (bicyclic) bond motifs is 1. The van der Waals surface area contributed by atoms with Gasteiger partial charge in [0, 0.05) is 38.9 Å². The van der Waals surface area contributed by atoms with Crippen molar-refractivity contribution in [2.24, 2.45) is 11.8 Å². The lowest BCUT2D eigenvalue weighted by Gasteiger charge is -2.24. The minimum absolute atomic E-state index is 0.0962. The van der Waals surface area contributed by atoms with Crippen LogP contribution in [0.3, 0.4) is 0 Å². The van der Waals surface area contributed by atoms with Gasteiger partial charge >= 0.3 is 6.09 Å². The first-order valence-electron chi connectivity index (χ1n) is 10.9. The first kappa shape index (κ1) is 21.3. The van der Waals surface area contributed by atoms with Crippen LogP contribution in [-0.2, 0) is 0 Å². The standard InChI is InChI=1S/C24H30N4O3/c1-16-8-10-25-17(2)22(16)23(29)28-14-19-12-27(13-20(19)15-28)11-9-21(26-24(30)31)18-6-4-3-5-7-18/h3-8,10,19-21,26H,9,11-15H2,1-2H3,(H,30,31)/t19-,20?,21?/m0/s1. The molecule has 1 aromatic carbocycles. The average Bonchev–Trinajstić information content (AvgIpc) is 3.30. The molecule has 2 N–H and O–H groups in total. The highest BCUT2D eigenvalue weighted by Crippen LogP contribution is 2.33. The summed E-state index contributed by atoms with van der Waals surface area (Å²) < 4.78 is 0. The highest BCUT2D eigenvalue weighted by Gasteiger charge is 2.42. The van der Waals surface area contributed by atoms with Crippen molar-refractivity contribution in [1.29, 1.82) is 0 Å². The third-order valence-corrected chi connectivity index (χ3v) is 6.65. The summed E-state index contributed by atoms with van der Waals surface area (Å²) in [6.07, 6.45) is 1.48. The van der Waals surface area contributed by atoms with Gasteiger partial charge in [0.05, 0.1) is 17.3 Å². The van der Waals surface area contributed by atoms with Gasteiger partial charge in [-0.1, -0.05) is 30.3 Å². The van der Waals surface area contributed by atoms with Crippen LogP contribution in [0.4, 0.5) is 4.79 Å². The van der Waals surface area contributed by atoms with E-state index in [0.29, 0.717) is 11.8 Å². The van der Waals surface area contributed by atoms with E-state index in [0.717, 1.165) is 61.5 Å². The molecule has 7 nitrogen and oxygen atoms in total. The fourth-order valence-corrected chi connectivity index (χ4v) is 5.08. The van der Waals surface area contributed by atoms with Crippen LogP contribution in [0.2, 0.25) is 0 Å². The maximum Gasteiger partial charge on any atom is 0.405 e. The molecule has 164 valence electrons. The fourth-order valence-electron chi connectivity index (χ4n) is 5.08. The van der Waals surface area contributed by atoms with Crippen molar-refractivity contribution in [3.05, 3.63) is 65.0 Å². The Balaban J connectivity index is 1.33. The lowest BCUT2D eigenvalue weighted by atomic mass is 10.0. The number of nitrogens with zero attached hydrogens (tertiary/aromatic N) is 3. The van der Waals surface area contributed by atoms with E-state index in [1.165, 1.54) is 0 Å². The molecule has 3 atom stereocenters. The summed E-state index contributed by atoms with van der Waals surface area (Å²) in [6.45, 7) is 8.16. The number of likely N-dealkylation sites (tertiary alicyclic amines) is 2. The van der Waals surface area contributed by atoms with Crippen LogP contribution in [0, 0.1) is 25.7 Å². The largest absolute Gasteiger partial charge is 0.465 e. The molecule has 7 heteroatoms. The van der Waals surface area contributed by atoms with Crippen LogP contribution in [0.5, 0.6) is 0 Å². The van der Waals surface area contributed by atoms with Gasteiger partial charge in [0.25, 0.3) is 5.91 Å². The Kier molecular flexibility index (Phi) is 6.23. The molecule has 31 heavy (non-hydrogen) atoms. The fraction of sp³-hybridized carbons (Fsp3) is 0.458. The van der Waals surface area contributed by atoms with E-state index in [1.807, 2.05) is 55.1 Å². The van der Waals surface area contributed by atoms with Gasteiger partial charge in [0.2, 0.25) is 0 Å². The minimum Gasteiger partial charge on any atom is -0.465 e. The van der Waals surface area contributed by atoms with Crippen LogP contribution < -0.4 is 5.32 Å². The van der Waals surface area contributed by atoms with Crippen molar-refractivity contribution in [3.63, 3.8) is 0 Å². The number of amides is 2. The van der Waals surface area contributed by atoms with Crippen molar-refractivity contribution in [2.75, 3.05) is 32.7 Å². The zero-order chi connectivity index (χ0) is 22.0. The third-order valence-electron chi connectivity index (χ3n) is 6.65. The van der Waals surface area contributed by atoms with Crippen LogP contribution in [0.25, 0.3) is 0 Å². The van der Waals surface area contributed by atoms with Gasteiger partial charge in [-0.2, -0.15) is 0 Å². The summed E-state index contributed by atoms with van der Waals surface area (Å²) in [4.78, 5) is 33.0. The number of hydrogen-bond donors (Lipinski definition) is 2. The number of aromatic nitrogens is 1. The van der Waals surface area contributed by atoms with E-state index < -0.39 is 6.09 Å². The molecule has 0 aliphatic carbocycles. The topological polar surface area (TPSA) is 85.8 Å². The van der Waals surface area contributed by atoms with Gasteiger partial charge in [0.15, 0.2) is 0 Å². The van der Waals surface area contributed by atoms with Gasteiger partial charge in [-0.3, -0.25) is 9.78 Å². The summed E-state index contributed by atoms with van der Waals surface area (Å²) in [6, 6.07) is 11.4. The predicted molar refractivity (Wildman–Crippen MR) is 118 cm³/mol. The van der Waals surface area contributed by atoms with Crippen molar-refractivity contribution in [3.8, 4) is 0 Å². The predicted octanol–water partition coefficient (Wildman–Crippen LogP) is 3.10. The lowest BCUT2D eigenvalue weighted by Crippen LogP contribution is -2.35. The van der Waals surface area contributed by atoms with E-state index in [1.54, 1.807) is 6.20 Å². The quantitative estimate of drug-likeness (QED) is 0.747. The summed E-state index contributed by atoms with van der Waals surface area (Å²) >= 11 is 0. The Bertz CT molecular complexity index is 915. The monoisotopic (exact) mass is 422 g/mol. The van der Waals surface area contributed by atoms with E-state index >= 15 is 0 Å². The second kappa shape index (κ2) is 9.06. The van der Waals surface area contributed by atoms with E-state index in [4.69, 9.17) is 0 Å². The molecule has 0 bridgehead atoms. The molecule has 0 saturated carbocycles. The molecular weight excluding hydrogens is 392 g/mol.